The Balaban J connectivity index is 1.64. The molecule has 8 heteroatoms. The van der Waals surface area contributed by atoms with E-state index in [2.05, 4.69) is 21.2 Å². The number of hydrogen-bond donors (Lipinski definition) is 1. The van der Waals surface area contributed by atoms with Crippen LogP contribution in [0.4, 0.5) is 11.4 Å². The second-order valence-corrected chi connectivity index (χ2v) is 7.83. The second kappa shape index (κ2) is 8.65. The van der Waals surface area contributed by atoms with Crippen LogP contribution < -0.4 is 15.0 Å². The minimum Gasteiger partial charge on any atom is -0.479 e. The SMILES string of the molecule is Cc1cc(Br)ccc1NC(=O)CN(C)C(=O)CN1C(=O)[C@@H](C)Oc2ccccc21. The average Bonchev–Trinajstić information content (AvgIpc) is 2.67. The van der Waals surface area contributed by atoms with Crippen molar-refractivity contribution < 1.29 is 19.1 Å². The highest BCUT2D eigenvalue weighted by Crippen LogP contribution is 2.33. The number of nitrogens with zero attached hydrogens (tertiary/aromatic N) is 2. The van der Waals surface area contributed by atoms with E-state index in [4.69, 9.17) is 4.74 Å². The van der Waals surface area contributed by atoms with Gasteiger partial charge in [-0.05, 0) is 49.7 Å². The Hall–Kier alpha value is -2.87. The molecule has 0 radical (unpaired) electrons. The summed E-state index contributed by atoms with van der Waals surface area (Å²) in [7, 11) is 1.54. The molecule has 152 valence electrons. The average molecular weight is 460 g/mol. The predicted octanol–water partition coefficient (Wildman–Crippen LogP) is 2.97. The van der Waals surface area contributed by atoms with Crippen LogP contribution in [0.25, 0.3) is 0 Å². The molecule has 3 amide bonds. The molecule has 7 nitrogen and oxygen atoms in total. The van der Waals surface area contributed by atoms with E-state index in [0.717, 1.165) is 10.0 Å². The van der Waals surface area contributed by atoms with E-state index in [1.165, 1.54) is 16.8 Å². The maximum Gasteiger partial charge on any atom is 0.268 e. The molecule has 1 atom stereocenters. The largest absolute Gasteiger partial charge is 0.479 e. The summed E-state index contributed by atoms with van der Waals surface area (Å²) in [5.74, 6) is -0.392. The van der Waals surface area contributed by atoms with Gasteiger partial charge in [0.1, 0.15) is 12.3 Å². The highest BCUT2D eigenvalue weighted by atomic mass is 79.9. The lowest BCUT2D eigenvalue weighted by Gasteiger charge is -2.33. The minimum absolute atomic E-state index is 0.121. The van der Waals surface area contributed by atoms with Crippen LogP contribution in [0.3, 0.4) is 0 Å². The number of benzene rings is 2. The maximum atomic E-state index is 12.7. The van der Waals surface area contributed by atoms with Crippen LogP contribution in [0.5, 0.6) is 5.75 Å². The molecule has 0 fully saturated rings. The number of aryl methyl sites for hydroxylation is 1. The first kappa shape index (κ1) is 20.9. The van der Waals surface area contributed by atoms with Crippen molar-refractivity contribution in [3.05, 3.63) is 52.5 Å². The third-order valence-corrected chi connectivity index (χ3v) is 5.13. The number of nitrogens with one attached hydrogen (secondary N) is 1. The molecule has 1 heterocycles. The van der Waals surface area contributed by atoms with E-state index < -0.39 is 6.10 Å². The molecule has 0 aliphatic carbocycles. The summed E-state index contributed by atoms with van der Waals surface area (Å²) in [6.07, 6.45) is -0.674. The van der Waals surface area contributed by atoms with E-state index in [0.29, 0.717) is 17.1 Å². The first-order chi connectivity index (χ1) is 13.8. The van der Waals surface area contributed by atoms with Gasteiger partial charge in [-0.25, -0.2) is 0 Å². The number of ether oxygens (including phenoxy) is 1. The minimum atomic E-state index is -0.674. The van der Waals surface area contributed by atoms with Gasteiger partial charge in [-0.3, -0.25) is 19.3 Å². The van der Waals surface area contributed by atoms with Crippen LogP contribution in [0, 0.1) is 6.92 Å². The first-order valence-corrected chi connectivity index (χ1v) is 9.92. The number of rotatable bonds is 5. The molecule has 0 aromatic heterocycles. The number of fused-ring (bicyclic) bond motifs is 1. The van der Waals surface area contributed by atoms with Gasteiger partial charge in [0.15, 0.2) is 6.10 Å². The van der Waals surface area contributed by atoms with Crippen LogP contribution >= 0.6 is 15.9 Å². The zero-order valence-corrected chi connectivity index (χ0v) is 18.0. The van der Waals surface area contributed by atoms with Crippen molar-refractivity contribution in [2.45, 2.75) is 20.0 Å². The molecule has 0 unspecified atom stereocenters. The van der Waals surface area contributed by atoms with Gasteiger partial charge in [0.2, 0.25) is 11.8 Å². The van der Waals surface area contributed by atoms with Crippen LogP contribution in [0.15, 0.2) is 46.9 Å². The molecule has 1 aliphatic rings. The summed E-state index contributed by atoms with van der Waals surface area (Å²) < 4.78 is 6.50. The van der Waals surface area contributed by atoms with Gasteiger partial charge < -0.3 is 15.0 Å². The van der Waals surface area contributed by atoms with E-state index in [1.54, 1.807) is 31.2 Å². The fourth-order valence-electron chi connectivity index (χ4n) is 3.04. The highest BCUT2D eigenvalue weighted by molar-refractivity contribution is 9.10. The number of anilines is 2. The molecule has 1 aliphatic heterocycles. The molecule has 29 heavy (non-hydrogen) atoms. The Kier molecular flexibility index (Phi) is 6.22. The molecule has 0 saturated heterocycles. The number of hydrogen-bond acceptors (Lipinski definition) is 4. The van der Waals surface area contributed by atoms with Crippen molar-refractivity contribution in [1.29, 1.82) is 0 Å². The van der Waals surface area contributed by atoms with E-state index >= 15 is 0 Å². The first-order valence-electron chi connectivity index (χ1n) is 9.13. The molecular weight excluding hydrogens is 438 g/mol. The summed E-state index contributed by atoms with van der Waals surface area (Å²) >= 11 is 3.38. The number of amides is 3. The van der Waals surface area contributed by atoms with Crippen LogP contribution in [-0.2, 0) is 14.4 Å². The number of carbonyl (C=O) groups excluding carboxylic acids is 3. The standard InChI is InChI=1S/C21H22BrN3O4/c1-13-10-15(22)8-9-16(13)23-19(26)11-24(3)20(27)12-25-17-6-4-5-7-18(17)29-14(2)21(25)28/h4-10,14H,11-12H2,1-3H3,(H,23,26)/t14-/m1/s1. The van der Waals surface area contributed by atoms with Crippen molar-refractivity contribution in [3.63, 3.8) is 0 Å². The van der Waals surface area contributed by atoms with Crippen LogP contribution in [-0.4, -0.2) is 48.9 Å². The third-order valence-electron chi connectivity index (χ3n) is 4.64. The monoisotopic (exact) mass is 459 g/mol. The van der Waals surface area contributed by atoms with Crippen molar-refractivity contribution in [3.8, 4) is 5.75 Å². The maximum absolute atomic E-state index is 12.7. The van der Waals surface area contributed by atoms with Crippen LogP contribution in [0.1, 0.15) is 12.5 Å². The van der Waals surface area contributed by atoms with Crippen molar-refractivity contribution in [2.24, 2.45) is 0 Å². The van der Waals surface area contributed by atoms with Crippen molar-refractivity contribution in [1.82, 2.24) is 4.90 Å². The van der Waals surface area contributed by atoms with Crippen molar-refractivity contribution >= 4 is 45.0 Å². The summed E-state index contributed by atoms with van der Waals surface area (Å²) in [6, 6.07) is 12.6. The summed E-state index contributed by atoms with van der Waals surface area (Å²) in [5, 5.41) is 2.80. The zero-order chi connectivity index (χ0) is 21.1. The second-order valence-electron chi connectivity index (χ2n) is 6.91. The highest BCUT2D eigenvalue weighted by Gasteiger charge is 2.33. The quantitative estimate of drug-likeness (QED) is 0.745. The topological polar surface area (TPSA) is 79.0 Å². The van der Waals surface area contributed by atoms with Crippen LogP contribution in [0.2, 0.25) is 0 Å². The van der Waals surface area contributed by atoms with E-state index in [1.807, 2.05) is 25.1 Å². The van der Waals surface area contributed by atoms with Gasteiger partial charge in [-0.15, -0.1) is 0 Å². The van der Waals surface area contributed by atoms with E-state index in [-0.39, 0.29) is 30.8 Å². The number of likely N-dealkylation sites (N-methyl/N-ethyl adjacent to an activating group) is 1. The fraction of sp³-hybridized carbons (Fsp3) is 0.286. The zero-order valence-electron chi connectivity index (χ0n) is 16.4. The molecule has 1 N–H and O–H groups in total. The Morgan fingerprint density at radius 2 is 1.97 bits per heavy atom. The lowest BCUT2D eigenvalue weighted by atomic mass is 10.2. The Bertz CT molecular complexity index is 963. The molecule has 0 bridgehead atoms. The lowest BCUT2D eigenvalue weighted by molar-refractivity contribution is -0.134. The Labute approximate surface area is 177 Å². The van der Waals surface area contributed by atoms with Crippen molar-refractivity contribution in [2.75, 3.05) is 30.4 Å². The number of halogens is 1. The number of carbonyl (C=O) groups is 3. The summed E-state index contributed by atoms with van der Waals surface area (Å²) in [6.45, 7) is 3.25. The van der Waals surface area contributed by atoms with Gasteiger partial charge in [0.05, 0.1) is 12.2 Å². The molecule has 2 aromatic carbocycles. The molecule has 3 rings (SSSR count). The molecule has 0 spiro atoms. The smallest absolute Gasteiger partial charge is 0.268 e. The predicted molar refractivity (Wildman–Crippen MR) is 114 cm³/mol. The van der Waals surface area contributed by atoms with E-state index in [9.17, 15) is 14.4 Å². The fourth-order valence-corrected chi connectivity index (χ4v) is 3.51. The van der Waals surface area contributed by atoms with Gasteiger partial charge in [0, 0.05) is 17.2 Å². The lowest BCUT2D eigenvalue weighted by Crippen LogP contribution is -2.49. The van der Waals surface area contributed by atoms with Gasteiger partial charge in [0.25, 0.3) is 5.91 Å². The van der Waals surface area contributed by atoms with Gasteiger partial charge in [-0.2, -0.15) is 0 Å². The summed E-state index contributed by atoms with van der Waals surface area (Å²) in [5.41, 5.74) is 2.14. The third kappa shape index (κ3) is 4.76. The molecule has 2 aromatic rings. The molecule has 0 saturated carbocycles. The van der Waals surface area contributed by atoms with Gasteiger partial charge in [-0.1, -0.05) is 28.1 Å². The molecular formula is C21H22BrN3O4. The normalized spacial score (nSPS) is 15.4. The van der Waals surface area contributed by atoms with Gasteiger partial charge >= 0.3 is 0 Å². The Morgan fingerprint density at radius 1 is 1.24 bits per heavy atom. The number of para-hydroxylation sites is 2. The Morgan fingerprint density at radius 3 is 2.69 bits per heavy atom. The summed E-state index contributed by atoms with van der Waals surface area (Å²) in [4.78, 5) is 40.3.